The van der Waals surface area contributed by atoms with Crippen molar-refractivity contribution in [2.75, 3.05) is 20.1 Å². The van der Waals surface area contributed by atoms with Crippen molar-refractivity contribution in [1.29, 1.82) is 0 Å². The first-order valence-electron chi connectivity index (χ1n) is 13.3. The number of hydrogen-bond acceptors (Lipinski definition) is 0. The summed E-state index contributed by atoms with van der Waals surface area (Å²) in [5, 5.41) is 1.34. The summed E-state index contributed by atoms with van der Waals surface area (Å²) >= 11 is 12.4. The van der Waals surface area contributed by atoms with E-state index in [2.05, 4.69) is 33.0 Å². The first kappa shape index (κ1) is 32.0. The van der Waals surface area contributed by atoms with Crippen LogP contribution in [0, 0.1) is 0 Å². The summed E-state index contributed by atoms with van der Waals surface area (Å²) in [5.41, 5.74) is 1.32. The van der Waals surface area contributed by atoms with Crippen LogP contribution in [0.2, 0.25) is 10.0 Å². The zero-order valence-corrected chi connectivity index (χ0v) is 23.5. The molecular formula is C28H50Cl3N. The van der Waals surface area contributed by atoms with Crippen LogP contribution >= 0.6 is 23.2 Å². The van der Waals surface area contributed by atoms with Crippen LogP contribution in [0.25, 0.3) is 0 Å². The maximum Gasteiger partial charge on any atom is 0.104 e. The van der Waals surface area contributed by atoms with Crippen molar-refractivity contribution in [1.82, 2.24) is 0 Å². The fourth-order valence-electron chi connectivity index (χ4n) is 4.60. The summed E-state index contributed by atoms with van der Waals surface area (Å²) in [4.78, 5) is 0. The molecule has 4 heteroatoms. The van der Waals surface area contributed by atoms with Crippen LogP contribution < -0.4 is 12.4 Å². The van der Waals surface area contributed by atoms with Crippen LogP contribution in [0.4, 0.5) is 0 Å². The molecule has 0 aliphatic rings. The van der Waals surface area contributed by atoms with Crippen molar-refractivity contribution in [2.24, 2.45) is 0 Å². The zero-order chi connectivity index (χ0) is 22.8. The van der Waals surface area contributed by atoms with Crippen molar-refractivity contribution in [3.63, 3.8) is 0 Å². The monoisotopic (exact) mass is 505 g/mol. The van der Waals surface area contributed by atoms with Crippen molar-refractivity contribution in [3.8, 4) is 0 Å². The molecule has 0 saturated heterocycles. The van der Waals surface area contributed by atoms with Crippen LogP contribution in [0.3, 0.4) is 0 Å². The molecule has 0 saturated carbocycles. The minimum absolute atomic E-state index is 0. The Morgan fingerprint density at radius 3 is 1.41 bits per heavy atom. The van der Waals surface area contributed by atoms with E-state index in [0.717, 1.165) is 11.0 Å². The van der Waals surface area contributed by atoms with Gasteiger partial charge < -0.3 is 16.9 Å². The molecule has 0 radical (unpaired) electrons. The molecule has 0 fully saturated rings. The van der Waals surface area contributed by atoms with Gasteiger partial charge in [-0.3, -0.25) is 0 Å². The van der Waals surface area contributed by atoms with Gasteiger partial charge in [-0.15, -0.1) is 0 Å². The molecular weight excluding hydrogens is 457 g/mol. The molecule has 32 heavy (non-hydrogen) atoms. The quantitative estimate of drug-likeness (QED) is 0.129. The van der Waals surface area contributed by atoms with E-state index in [-0.39, 0.29) is 12.4 Å². The fourth-order valence-corrected chi connectivity index (χ4v) is 4.92. The second-order valence-electron chi connectivity index (χ2n) is 9.92. The SMILES string of the molecule is CCCCCCCCCC[N+](C)(CCCCCCCCCC)Cc1ccc(Cl)c(Cl)c1.[Cl-]. The van der Waals surface area contributed by atoms with Gasteiger partial charge in [0, 0.05) is 5.56 Å². The molecule has 1 aromatic carbocycles. The highest BCUT2D eigenvalue weighted by molar-refractivity contribution is 6.42. The topological polar surface area (TPSA) is 0 Å². The summed E-state index contributed by atoms with van der Waals surface area (Å²) in [6.07, 6.45) is 22.2. The molecule has 188 valence electrons. The number of halogens is 3. The van der Waals surface area contributed by atoms with E-state index in [1.807, 2.05) is 6.07 Å². The molecule has 0 aromatic heterocycles. The number of quaternary nitrogens is 1. The normalized spacial score (nSPS) is 11.5. The molecule has 0 heterocycles. The smallest absolute Gasteiger partial charge is 0.104 e. The second-order valence-corrected chi connectivity index (χ2v) is 10.7. The Morgan fingerprint density at radius 2 is 1.00 bits per heavy atom. The summed E-state index contributed by atoms with van der Waals surface area (Å²) < 4.78 is 1.13. The number of benzene rings is 1. The Morgan fingerprint density at radius 1 is 0.594 bits per heavy atom. The Kier molecular flexibility index (Phi) is 20.5. The Bertz CT molecular complexity index is 542. The third kappa shape index (κ3) is 15.8. The van der Waals surface area contributed by atoms with E-state index >= 15 is 0 Å². The summed E-state index contributed by atoms with van der Waals surface area (Å²) in [5.74, 6) is 0. The highest BCUT2D eigenvalue weighted by Crippen LogP contribution is 2.25. The Hall–Kier alpha value is 0.0500. The number of nitrogens with zero attached hydrogens (tertiary/aromatic N) is 1. The molecule has 0 spiro atoms. The molecule has 1 aromatic rings. The first-order valence-corrected chi connectivity index (χ1v) is 14.0. The highest BCUT2D eigenvalue weighted by Gasteiger charge is 2.22. The van der Waals surface area contributed by atoms with Crippen LogP contribution in [-0.2, 0) is 6.54 Å². The minimum atomic E-state index is 0. The highest BCUT2D eigenvalue weighted by atomic mass is 35.5. The Labute approximate surface area is 216 Å². The van der Waals surface area contributed by atoms with Gasteiger partial charge in [0.15, 0.2) is 0 Å². The second kappa shape index (κ2) is 20.4. The van der Waals surface area contributed by atoms with Crippen molar-refractivity contribution in [2.45, 2.75) is 123 Å². The molecule has 0 N–H and O–H groups in total. The van der Waals surface area contributed by atoms with Crippen LogP contribution in [0.15, 0.2) is 18.2 Å². The number of hydrogen-bond donors (Lipinski definition) is 0. The molecule has 0 amide bonds. The predicted molar refractivity (Wildman–Crippen MR) is 141 cm³/mol. The number of unbranched alkanes of at least 4 members (excludes halogenated alkanes) is 14. The Balaban J connectivity index is 0.00000961. The average molecular weight is 507 g/mol. The largest absolute Gasteiger partial charge is 1.00 e. The van der Waals surface area contributed by atoms with Gasteiger partial charge in [-0.25, -0.2) is 0 Å². The van der Waals surface area contributed by atoms with Gasteiger partial charge in [-0.1, -0.05) is 120 Å². The van der Waals surface area contributed by atoms with E-state index < -0.39 is 0 Å². The van der Waals surface area contributed by atoms with Crippen molar-refractivity contribution >= 4 is 23.2 Å². The first-order chi connectivity index (χ1) is 15.0. The van der Waals surface area contributed by atoms with E-state index in [9.17, 15) is 0 Å². The maximum atomic E-state index is 6.30. The van der Waals surface area contributed by atoms with E-state index in [1.165, 1.54) is 121 Å². The van der Waals surface area contributed by atoms with E-state index in [1.54, 1.807) is 0 Å². The number of rotatable bonds is 20. The van der Waals surface area contributed by atoms with Gasteiger partial charge in [-0.05, 0) is 37.8 Å². The summed E-state index contributed by atoms with van der Waals surface area (Å²) in [6, 6.07) is 6.18. The van der Waals surface area contributed by atoms with Crippen LogP contribution in [0.1, 0.15) is 122 Å². The van der Waals surface area contributed by atoms with Gasteiger partial charge in [-0.2, -0.15) is 0 Å². The molecule has 0 aliphatic carbocycles. The van der Waals surface area contributed by atoms with Gasteiger partial charge in [0.25, 0.3) is 0 Å². The predicted octanol–water partition coefficient (Wildman–Crippen LogP) is 7.23. The average Bonchev–Trinajstić information content (AvgIpc) is 2.75. The van der Waals surface area contributed by atoms with Crippen molar-refractivity contribution in [3.05, 3.63) is 33.8 Å². The third-order valence-corrected chi connectivity index (χ3v) is 7.39. The van der Waals surface area contributed by atoms with Gasteiger partial charge >= 0.3 is 0 Å². The third-order valence-electron chi connectivity index (χ3n) is 6.65. The molecule has 0 bridgehead atoms. The molecule has 0 atom stereocenters. The van der Waals surface area contributed by atoms with Gasteiger partial charge in [0.1, 0.15) is 6.54 Å². The molecule has 0 unspecified atom stereocenters. The lowest BCUT2D eigenvalue weighted by Crippen LogP contribution is -3.00. The van der Waals surface area contributed by atoms with Gasteiger partial charge in [0.05, 0.1) is 30.2 Å². The van der Waals surface area contributed by atoms with E-state index in [4.69, 9.17) is 23.2 Å². The zero-order valence-electron chi connectivity index (χ0n) is 21.2. The van der Waals surface area contributed by atoms with Crippen LogP contribution in [0.5, 0.6) is 0 Å². The molecule has 1 nitrogen and oxygen atoms in total. The molecule has 1 rings (SSSR count). The lowest BCUT2D eigenvalue weighted by atomic mass is 10.1. The fraction of sp³-hybridized carbons (Fsp3) is 0.786. The lowest BCUT2D eigenvalue weighted by molar-refractivity contribution is -0.923. The lowest BCUT2D eigenvalue weighted by Gasteiger charge is -2.35. The summed E-state index contributed by atoms with van der Waals surface area (Å²) in [7, 11) is 2.45. The minimum Gasteiger partial charge on any atom is -1.00 e. The maximum absolute atomic E-state index is 6.30. The molecule has 0 aliphatic heterocycles. The standard InChI is InChI=1S/C28H50Cl2N.ClH/c1-4-6-8-10-12-14-16-18-22-31(3,23-19-17-15-13-11-9-7-5-2)25-26-20-21-27(29)28(30)24-26;/h20-21,24H,4-19,22-23,25H2,1-3H3;1H/q+1;/p-1. The van der Waals surface area contributed by atoms with Gasteiger partial charge in [0.2, 0.25) is 0 Å². The van der Waals surface area contributed by atoms with Crippen LogP contribution in [-0.4, -0.2) is 24.6 Å². The van der Waals surface area contributed by atoms with Crippen molar-refractivity contribution < 1.29 is 16.9 Å². The summed E-state index contributed by atoms with van der Waals surface area (Å²) in [6.45, 7) is 8.18. The van der Waals surface area contributed by atoms with E-state index in [0.29, 0.717) is 10.0 Å².